The van der Waals surface area contributed by atoms with E-state index < -0.39 is 5.97 Å². The van der Waals surface area contributed by atoms with Gasteiger partial charge in [0.15, 0.2) is 5.82 Å². The Balaban J connectivity index is 1.96. The number of morpholine rings is 1. The molecule has 1 fully saturated rings. The zero-order chi connectivity index (χ0) is 20.1. The van der Waals surface area contributed by atoms with Gasteiger partial charge < -0.3 is 14.4 Å². The third-order valence-electron chi connectivity index (χ3n) is 4.76. The summed E-state index contributed by atoms with van der Waals surface area (Å²) in [6.07, 6.45) is 0. The molecule has 4 rings (SSSR count). The molecule has 3 aromatic rings. The molecular formula is C23H23N3O3. The Labute approximate surface area is 170 Å². The van der Waals surface area contributed by atoms with Gasteiger partial charge in [0.2, 0.25) is 0 Å². The molecule has 0 unspecified atom stereocenters. The fourth-order valence-electron chi connectivity index (χ4n) is 3.37. The molecule has 0 N–H and O–H groups in total. The number of aromatic nitrogens is 2. The smallest absolute Gasteiger partial charge is 0.344 e. The third kappa shape index (κ3) is 4.12. The fraction of sp³-hybridized carbons (Fsp3) is 0.261. The summed E-state index contributed by atoms with van der Waals surface area (Å²) >= 11 is 0. The molecule has 2 aromatic carbocycles. The molecule has 6 heteroatoms. The van der Waals surface area contributed by atoms with Gasteiger partial charge in [-0.05, 0) is 6.92 Å². The highest BCUT2D eigenvalue weighted by molar-refractivity contribution is 6.01. The number of hydrogen-bond acceptors (Lipinski definition) is 6. The molecule has 0 radical (unpaired) electrons. The van der Waals surface area contributed by atoms with Gasteiger partial charge in [0, 0.05) is 24.2 Å². The number of hydrogen-bond donors (Lipinski definition) is 0. The maximum atomic E-state index is 13.0. The number of ether oxygens (including phenoxy) is 2. The Hall–Kier alpha value is -3.25. The molecule has 29 heavy (non-hydrogen) atoms. The maximum absolute atomic E-state index is 13.0. The van der Waals surface area contributed by atoms with Crippen LogP contribution in [0.3, 0.4) is 0 Å². The van der Waals surface area contributed by atoms with E-state index in [0.717, 1.165) is 11.1 Å². The van der Waals surface area contributed by atoms with Gasteiger partial charge in [0.05, 0.1) is 25.5 Å². The topological polar surface area (TPSA) is 64.5 Å². The number of carbonyl (C=O) groups is 1. The molecule has 1 aromatic heterocycles. The molecule has 0 spiro atoms. The highest BCUT2D eigenvalue weighted by Gasteiger charge is 2.28. The highest BCUT2D eigenvalue weighted by atomic mass is 16.5. The summed E-state index contributed by atoms with van der Waals surface area (Å²) in [6, 6.07) is 19.5. The predicted molar refractivity (Wildman–Crippen MR) is 112 cm³/mol. The van der Waals surface area contributed by atoms with E-state index in [9.17, 15) is 4.79 Å². The van der Waals surface area contributed by atoms with Crippen LogP contribution in [0.1, 0.15) is 17.3 Å². The first kappa shape index (κ1) is 19.1. The predicted octanol–water partition coefficient (Wildman–Crippen LogP) is 3.82. The first-order chi connectivity index (χ1) is 14.3. The lowest BCUT2D eigenvalue weighted by Crippen LogP contribution is -2.38. The molecule has 148 valence electrons. The molecule has 0 saturated carbocycles. The van der Waals surface area contributed by atoms with Crippen molar-refractivity contribution in [2.45, 2.75) is 6.92 Å². The number of benzene rings is 2. The van der Waals surface area contributed by atoms with Crippen LogP contribution in [-0.2, 0) is 9.47 Å². The lowest BCUT2D eigenvalue weighted by atomic mass is 10.0. The van der Waals surface area contributed by atoms with Crippen molar-refractivity contribution >= 4 is 11.8 Å². The largest absolute Gasteiger partial charge is 0.462 e. The molecule has 0 amide bonds. The lowest BCUT2D eigenvalue weighted by molar-refractivity contribution is 0.0526. The van der Waals surface area contributed by atoms with Crippen LogP contribution in [0.25, 0.3) is 22.6 Å². The van der Waals surface area contributed by atoms with Crippen LogP contribution in [0.2, 0.25) is 0 Å². The molecule has 1 saturated heterocycles. The number of rotatable bonds is 5. The summed E-state index contributed by atoms with van der Waals surface area (Å²) in [5.74, 6) is 0.769. The number of carbonyl (C=O) groups excluding carboxylic acids is 1. The highest BCUT2D eigenvalue weighted by Crippen LogP contribution is 2.32. The van der Waals surface area contributed by atoms with Crippen LogP contribution >= 0.6 is 0 Å². The minimum Gasteiger partial charge on any atom is -0.462 e. The van der Waals surface area contributed by atoms with Gasteiger partial charge >= 0.3 is 5.97 Å². The van der Waals surface area contributed by atoms with Crippen molar-refractivity contribution in [3.05, 3.63) is 66.2 Å². The Morgan fingerprint density at radius 3 is 2.21 bits per heavy atom. The van der Waals surface area contributed by atoms with E-state index in [1.807, 2.05) is 60.7 Å². The van der Waals surface area contributed by atoms with Gasteiger partial charge in [-0.3, -0.25) is 0 Å². The Morgan fingerprint density at radius 1 is 0.966 bits per heavy atom. The molecule has 0 aliphatic carbocycles. The van der Waals surface area contributed by atoms with E-state index >= 15 is 0 Å². The van der Waals surface area contributed by atoms with Crippen LogP contribution < -0.4 is 4.90 Å². The van der Waals surface area contributed by atoms with Crippen molar-refractivity contribution in [2.75, 3.05) is 37.8 Å². The third-order valence-corrected chi connectivity index (χ3v) is 4.76. The minimum absolute atomic E-state index is 0.288. The number of esters is 1. The van der Waals surface area contributed by atoms with Gasteiger partial charge in [-0.2, -0.15) is 0 Å². The summed E-state index contributed by atoms with van der Waals surface area (Å²) in [5.41, 5.74) is 2.73. The van der Waals surface area contributed by atoms with Crippen LogP contribution in [0, 0.1) is 0 Å². The quantitative estimate of drug-likeness (QED) is 0.618. The van der Waals surface area contributed by atoms with E-state index in [2.05, 4.69) is 4.90 Å². The first-order valence-corrected chi connectivity index (χ1v) is 9.80. The van der Waals surface area contributed by atoms with Crippen molar-refractivity contribution in [3.8, 4) is 22.6 Å². The second-order valence-corrected chi connectivity index (χ2v) is 6.65. The normalized spacial score (nSPS) is 13.9. The molecule has 0 bridgehead atoms. The van der Waals surface area contributed by atoms with Gasteiger partial charge in [-0.1, -0.05) is 60.7 Å². The second kappa shape index (κ2) is 8.84. The van der Waals surface area contributed by atoms with Crippen LogP contribution in [0.4, 0.5) is 5.82 Å². The fourth-order valence-corrected chi connectivity index (χ4v) is 3.37. The Kier molecular flexibility index (Phi) is 5.81. The van der Waals surface area contributed by atoms with Gasteiger partial charge in [0.25, 0.3) is 0 Å². The Bertz CT molecular complexity index is 971. The molecule has 1 aliphatic heterocycles. The van der Waals surface area contributed by atoms with Crippen molar-refractivity contribution in [3.63, 3.8) is 0 Å². The zero-order valence-corrected chi connectivity index (χ0v) is 16.4. The van der Waals surface area contributed by atoms with Crippen molar-refractivity contribution < 1.29 is 14.3 Å². The summed E-state index contributed by atoms with van der Waals surface area (Å²) in [7, 11) is 0. The number of anilines is 1. The van der Waals surface area contributed by atoms with Crippen LogP contribution in [0.5, 0.6) is 0 Å². The monoisotopic (exact) mass is 389 g/mol. The molecule has 2 heterocycles. The van der Waals surface area contributed by atoms with Crippen molar-refractivity contribution in [2.24, 2.45) is 0 Å². The van der Waals surface area contributed by atoms with E-state index in [1.54, 1.807) is 6.92 Å². The maximum Gasteiger partial charge on any atom is 0.344 e. The standard InChI is InChI=1S/C23H23N3O3/c1-2-29-23(27)19-20(17-9-5-3-6-10-17)24-21(18-11-7-4-8-12-18)25-22(19)26-13-15-28-16-14-26/h3-12H,2,13-16H2,1H3. The van der Waals surface area contributed by atoms with Crippen molar-refractivity contribution in [1.82, 2.24) is 9.97 Å². The van der Waals surface area contributed by atoms with E-state index in [0.29, 0.717) is 49.2 Å². The van der Waals surface area contributed by atoms with E-state index in [4.69, 9.17) is 19.4 Å². The lowest BCUT2D eigenvalue weighted by Gasteiger charge is -2.30. The zero-order valence-electron chi connectivity index (χ0n) is 16.4. The van der Waals surface area contributed by atoms with E-state index in [1.165, 1.54) is 0 Å². The molecule has 6 nitrogen and oxygen atoms in total. The average Bonchev–Trinajstić information content (AvgIpc) is 2.80. The summed E-state index contributed by atoms with van der Waals surface area (Å²) in [6.45, 7) is 4.59. The van der Waals surface area contributed by atoms with Gasteiger partial charge in [-0.25, -0.2) is 14.8 Å². The molecule has 1 aliphatic rings. The average molecular weight is 389 g/mol. The molecule has 0 atom stereocenters. The second-order valence-electron chi connectivity index (χ2n) is 6.65. The van der Waals surface area contributed by atoms with Crippen LogP contribution in [-0.4, -0.2) is 48.8 Å². The van der Waals surface area contributed by atoms with E-state index in [-0.39, 0.29) is 6.61 Å². The SMILES string of the molecule is CCOC(=O)c1c(-c2ccccc2)nc(-c2ccccc2)nc1N1CCOCC1. The van der Waals surface area contributed by atoms with Gasteiger partial charge in [-0.15, -0.1) is 0 Å². The summed E-state index contributed by atoms with van der Waals surface area (Å²) in [4.78, 5) is 24.7. The molecular weight excluding hydrogens is 366 g/mol. The summed E-state index contributed by atoms with van der Waals surface area (Å²) < 4.78 is 10.9. The number of nitrogens with zero attached hydrogens (tertiary/aromatic N) is 3. The summed E-state index contributed by atoms with van der Waals surface area (Å²) in [5, 5.41) is 0. The van der Waals surface area contributed by atoms with Gasteiger partial charge in [0.1, 0.15) is 11.4 Å². The van der Waals surface area contributed by atoms with Crippen LogP contribution in [0.15, 0.2) is 60.7 Å². The van der Waals surface area contributed by atoms with Crippen molar-refractivity contribution in [1.29, 1.82) is 0 Å². The minimum atomic E-state index is -0.410. The first-order valence-electron chi connectivity index (χ1n) is 9.80. The Morgan fingerprint density at radius 2 is 1.59 bits per heavy atom.